The van der Waals surface area contributed by atoms with Crippen LogP contribution in [0.25, 0.3) is 0 Å². The van der Waals surface area contributed by atoms with E-state index in [0.717, 1.165) is 5.75 Å². The van der Waals surface area contributed by atoms with E-state index in [1.165, 1.54) is 0 Å². The molecule has 0 aromatic heterocycles. The average molecular weight is 396 g/mol. The summed E-state index contributed by atoms with van der Waals surface area (Å²) in [6.45, 7) is 3.46. The van der Waals surface area contributed by atoms with Gasteiger partial charge in [-0.2, -0.15) is 0 Å². The molecule has 1 fully saturated rings. The second-order valence-electron chi connectivity index (χ2n) is 7.29. The SMILES string of the molecule is CC1(C(=O)Nc2ccc3c(c2)OCCO3)CCC(=O)N1CCOc1ccccc1. The van der Waals surface area contributed by atoms with Crippen LogP contribution in [0.5, 0.6) is 17.2 Å². The van der Waals surface area contributed by atoms with Crippen LogP contribution in [0.2, 0.25) is 0 Å². The third-order valence-electron chi connectivity index (χ3n) is 5.34. The summed E-state index contributed by atoms with van der Waals surface area (Å²) < 4.78 is 16.8. The monoisotopic (exact) mass is 396 g/mol. The van der Waals surface area contributed by atoms with E-state index in [4.69, 9.17) is 14.2 Å². The van der Waals surface area contributed by atoms with Crippen molar-refractivity contribution in [2.45, 2.75) is 25.3 Å². The number of hydrogen-bond donors (Lipinski definition) is 1. The molecular weight excluding hydrogens is 372 g/mol. The molecule has 7 nitrogen and oxygen atoms in total. The molecule has 2 heterocycles. The molecule has 2 aliphatic rings. The number of rotatable bonds is 6. The van der Waals surface area contributed by atoms with Crippen LogP contribution in [0.4, 0.5) is 5.69 Å². The molecule has 0 bridgehead atoms. The summed E-state index contributed by atoms with van der Waals surface area (Å²) >= 11 is 0. The average Bonchev–Trinajstić information content (AvgIpc) is 3.04. The topological polar surface area (TPSA) is 77.1 Å². The van der Waals surface area contributed by atoms with Crippen molar-refractivity contribution in [2.75, 3.05) is 31.7 Å². The molecule has 2 amide bonds. The molecule has 7 heteroatoms. The van der Waals surface area contributed by atoms with E-state index in [9.17, 15) is 9.59 Å². The molecule has 2 aliphatic heterocycles. The number of anilines is 1. The molecule has 0 aliphatic carbocycles. The molecule has 4 rings (SSSR count). The molecule has 152 valence electrons. The number of hydrogen-bond acceptors (Lipinski definition) is 5. The number of nitrogens with zero attached hydrogens (tertiary/aromatic N) is 1. The van der Waals surface area contributed by atoms with Gasteiger partial charge in [0.15, 0.2) is 11.5 Å². The molecule has 1 N–H and O–H groups in total. The number of fused-ring (bicyclic) bond motifs is 1. The number of likely N-dealkylation sites (tertiary alicyclic amines) is 1. The van der Waals surface area contributed by atoms with Crippen molar-refractivity contribution in [1.29, 1.82) is 0 Å². The van der Waals surface area contributed by atoms with Crippen molar-refractivity contribution in [1.82, 2.24) is 4.90 Å². The maximum absolute atomic E-state index is 13.1. The van der Waals surface area contributed by atoms with Crippen LogP contribution in [0.3, 0.4) is 0 Å². The van der Waals surface area contributed by atoms with Gasteiger partial charge >= 0.3 is 0 Å². The predicted octanol–water partition coefficient (Wildman–Crippen LogP) is 2.86. The van der Waals surface area contributed by atoms with Crippen LogP contribution in [-0.4, -0.2) is 48.6 Å². The van der Waals surface area contributed by atoms with Gasteiger partial charge in [-0.05, 0) is 37.6 Å². The van der Waals surface area contributed by atoms with Gasteiger partial charge in [0.25, 0.3) is 0 Å². The molecule has 0 saturated carbocycles. The second kappa shape index (κ2) is 8.03. The molecule has 2 aromatic rings. The summed E-state index contributed by atoms with van der Waals surface area (Å²) in [5.74, 6) is 1.74. The Labute approximate surface area is 169 Å². The zero-order chi connectivity index (χ0) is 20.3. The quantitative estimate of drug-likeness (QED) is 0.813. The van der Waals surface area contributed by atoms with Crippen LogP contribution < -0.4 is 19.5 Å². The Balaban J connectivity index is 1.42. The van der Waals surface area contributed by atoms with Gasteiger partial charge in [-0.1, -0.05) is 18.2 Å². The number of para-hydroxylation sites is 1. The molecule has 2 aromatic carbocycles. The smallest absolute Gasteiger partial charge is 0.250 e. The molecule has 1 unspecified atom stereocenters. The first-order valence-electron chi connectivity index (χ1n) is 9.76. The van der Waals surface area contributed by atoms with Gasteiger partial charge in [-0.15, -0.1) is 0 Å². The molecule has 1 saturated heterocycles. The van der Waals surface area contributed by atoms with Gasteiger partial charge < -0.3 is 24.4 Å². The van der Waals surface area contributed by atoms with Gasteiger partial charge in [-0.3, -0.25) is 9.59 Å². The lowest BCUT2D eigenvalue weighted by Crippen LogP contribution is -2.53. The zero-order valence-corrected chi connectivity index (χ0v) is 16.3. The van der Waals surface area contributed by atoms with Crippen LogP contribution >= 0.6 is 0 Å². The van der Waals surface area contributed by atoms with Gasteiger partial charge in [0.1, 0.15) is 31.1 Å². The zero-order valence-electron chi connectivity index (χ0n) is 16.3. The Morgan fingerprint density at radius 1 is 1.14 bits per heavy atom. The van der Waals surface area contributed by atoms with E-state index < -0.39 is 5.54 Å². The lowest BCUT2D eigenvalue weighted by molar-refractivity contribution is -0.138. The summed E-state index contributed by atoms with van der Waals surface area (Å²) in [4.78, 5) is 27.1. The maximum atomic E-state index is 13.1. The number of benzene rings is 2. The highest BCUT2D eigenvalue weighted by Crippen LogP contribution is 2.35. The first kappa shape index (κ1) is 19.1. The number of nitrogens with one attached hydrogen (secondary N) is 1. The van der Waals surface area contributed by atoms with Crippen LogP contribution in [0.15, 0.2) is 48.5 Å². The highest BCUT2D eigenvalue weighted by atomic mass is 16.6. The Kier molecular flexibility index (Phi) is 5.29. The van der Waals surface area contributed by atoms with Crippen molar-refractivity contribution in [3.05, 3.63) is 48.5 Å². The molecular formula is C22H24N2O5. The second-order valence-corrected chi connectivity index (χ2v) is 7.29. The third kappa shape index (κ3) is 3.99. The highest BCUT2D eigenvalue weighted by molar-refractivity contribution is 6.02. The van der Waals surface area contributed by atoms with Crippen molar-refractivity contribution in [2.24, 2.45) is 0 Å². The van der Waals surface area contributed by atoms with Gasteiger partial charge in [0, 0.05) is 18.2 Å². The Morgan fingerprint density at radius 2 is 1.90 bits per heavy atom. The Morgan fingerprint density at radius 3 is 2.69 bits per heavy atom. The lowest BCUT2D eigenvalue weighted by atomic mass is 9.97. The van der Waals surface area contributed by atoms with Crippen LogP contribution in [0.1, 0.15) is 19.8 Å². The minimum Gasteiger partial charge on any atom is -0.492 e. The van der Waals surface area contributed by atoms with Gasteiger partial charge in [-0.25, -0.2) is 0 Å². The van der Waals surface area contributed by atoms with Crippen molar-refractivity contribution >= 4 is 17.5 Å². The number of ether oxygens (including phenoxy) is 3. The normalized spacial score (nSPS) is 20.4. The van der Waals surface area contributed by atoms with Crippen LogP contribution in [0, 0.1) is 0 Å². The largest absolute Gasteiger partial charge is 0.492 e. The van der Waals surface area contributed by atoms with Crippen LogP contribution in [-0.2, 0) is 9.59 Å². The molecule has 0 radical (unpaired) electrons. The van der Waals surface area contributed by atoms with Crippen molar-refractivity contribution in [3.8, 4) is 17.2 Å². The van der Waals surface area contributed by atoms with E-state index >= 15 is 0 Å². The molecule has 29 heavy (non-hydrogen) atoms. The fourth-order valence-corrected chi connectivity index (χ4v) is 3.66. The van der Waals surface area contributed by atoms with Gasteiger partial charge in [0.05, 0.1) is 6.54 Å². The highest BCUT2D eigenvalue weighted by Gasteiger charge is 2.47. The molecule has 1 atom stereocenters. The molecule has 0 spiro atoms. The van der Waals surface area contributed by atoms with E-state index in [1.54, 1.807) is 30.0 Å². The minimum absolute atomic E-state index is 0.0403. The van der Waals surface area contributed by atoms with Crippen molar-refractivity contribution < 1.29 is 23.8 Å². The first-order valence-corrected chi connectivity index (χ1v) is 9.76. The fourth-order valence-electron chi connectivity index (χ4n) is 3.66. The summed E-state index contributed by atoms with van der Waals surface area (Å²) in [5.41, 5.74) is -0.315. The number of carbonyl (C=O) groups excluding carboxylic acids is 2. The fraction of sp³-hybridized carbons (Fsp3) is 0.364. The Hall–Kier alpha value is -3.22. The standard InChI is InChI=1S/C22H24N2O5/c1-22(21(26)23-16-7-8-18-19(15-16)29-14-13-28-18)10-9-20(25)24(22)11-12-27-17-5-3-2-4-6-17/h2-8,15H,9-14H2,1H3,(H,23,26). The summed E-state index contributed by atoms with van der Waals surface area (Å²) in [6.07, 6.45) is 0.809. The lowest BCUT2D eigenvalue weighted by Gasteiger charge is -2.34. The first-order chi connectivity index (χ1) is 14.1. The summed E-state index contributed by atoms with van der Waals surface area (Å²) in [5, 5.41) is 2.92. The Bertz CT molecular complexity index is 901. The van der Waals surface area contributed by atoms with Crippen molar-refractivity contribution in [3.63, 3.8) is 0 Å². The van der Waals surface area contributed by atoms with E-state index in [2.05, 4.69) is 5.32 Å². The third-order valence-corrected chi connectivity index (χ3v) is 5.34. The predicted molar refractivity (Wildman–Crippen MR) is 107 cm³/mol. The number of amides is 2. The summed E-state index contributed by atoms with van der Waals surface area (Å²) in [6, 6.07) is 14.7. The summed E-state index contributed by atoms with van der Waals surface area (Å²) in [7, 11) is 0. The van der Waals surface area contributed by atoms with E-state index in [-0.39, 0.29) is 11.8 Å². The number of carbonyl (C=O) groups is 2. The van der Waals surface area contributed by atoms with E-state index in [0.29, 0.717) is 56.4 Å². The van der Waals surface area contributed by atoms with E-state index in [1.807, 2.05) is 30.3 Å². The van der Waals surface area contributed by atoms with Gasteiger partial charge in [0.2, 0.25) is 11.8 Å². The maximum Gasteiger partial charge on any atom is 0.250 e. The minimum atomic E-state index is -0.926.